The van der Waals surface area contributed by atoms with Crippen molar-refractivity contribution in [2.45, 2.75) is 13.8 Å². The first kappa shape index (κ1) is 16.9. The van der Waals surface area contributed by atoms with Crippen LogP contribution in [0.3, 0.4) is 0 Å². The highest BCUT2D eigenvalue weighted by atomic mass is 35.5. The lowest BCUT2D eigenvalue weighted by Gasteiger charge is -2.26. The Labute approximate surface area is 125 Å². The molecule has 3 nitrogen and oxygen atoms in total. The Morgan fingerprint density at radius 3 is 2.50 bits per heavy atom. The van der Waals surface area contributed by atoms with Crippen LogP contribution in [0.4, 0.5) is 4.39 Å². The number of halogens is 2. The van der Waals surface area contributed by atoms with Crippen LogP contribution in [0.15, 0.2) is 18.2 Å². The lowest BCUT2D eigenvalue weighted by molar-refractivity contribution is 0.0720. The van der Waals surface area contributed by atoms with Gasteiger partial charge in [-0.2, -0.15) is 0 Å². The molecular formula is C15H22ClFN2O. The normalized spacial score (nSPS) is 11.2. The van der Waals surface area contributed by atoms with Crippen LogP contribution in [-0.2, 0) is 0 Å². The molecule has 0 radical (unpaired) electrons. The van der Waals surface area contributed by atoms with Crippen LogP contribution < -0.4 is 0 Å². The van der Waals surface area contributed by atoms with Crippen LogP contribution in [0.1, 0.15) is 24.2 Å². The van der Waals surface area contributed by atoms with Crippen molar-refractivity contribution in [3.05, 3.63) is 34.6 Å². The van der Waals surface area contributed by atoms with Gasteiger partial charge < -0.3 is 9.80 Å². The second-order valence-corrected chi connectivity index (χ2v) is 6.01. The summed E-state index contributed by atoms with van der Waals surface area (Å²) in [5.41, 5.74) is 0.0388. The minimum atomic E-state index is -0.530. The zero-order valence-electron chi connectivity index (χ0n) is 12.5. The van der Waals surface area contributed by atoms with Crippen molar-refractivity contribution in [2.75, 3.05) is 33.7 Å². The first-order chi connectivity index (χ1) is 9.31. The Kier molecular flexibility index (Phi) is 6.43. The molecule has 1 rings (SSSR count). The first-order valence-corrected chi connectivity index (χ1v) is 7.08. The molecular weight excluding hydrogens is 279 g/mol. The molecule has 0 saturated carbocycles. The number of nitrogens with zero attached hydrogens (tertiary/aromatic N) is 2. The largest absolute Gasteiger partial charge is 0.337 e. The van der Waals surface area contributed by atoms with Gasteiger partial charge in [0.05, 0.1) is 5.56 Å². The van der Waals surface area contributed by atoms with E-state index in [1.54, 1.807) is 4.90 Å². The molecule has 0 aliphatic heterocycles. The molecule has 1 aromatic carbocycles. The summed E-state index contributed by atoms with van der Waals surface area (Å²) >= 11 is 5.85. The molecule has 0 heterocycles. The van der Waals surface area contributed by atoms with Crippen LogP contribution in [-0.4, -0.2) is 49.4 Å². The Morgan fingerprint density at radius 1 is 1.30 bits per heavy atom. The van der Waals surface area contributed by atoms with Gasteiger partial charge in [0.25, 0.3) is 5.91 Å². The molecule has 0 saturated heterocycles. The van der Waals surface area contributed by atoms with Gasteiger partial charge in [-0.15, -0.1) is 0 Å². The second-order valence-electron chi connectivity index (χ2n) is 5.57. The van der Waals surface area contributed by atoms with Crippen molar-refractivity contribution in [1.29, 1.82) is 0 Å². The lowest BCUT2D eigenvalue weighted by atomic mass is 10.1. The van der Waals surface area contributed by atoms with Crippen LogP contribution >= 0.6 is 11.6 Å². The quantitative estimate of drug-likeness (QED) is 0.806. The maximum absolute atomic E-state index is 13.8. The molecule has 5 heteroatoms. The molecule has 112 valence electrons. The zero-order valence-corrected chi connectivity index (χ0v) is 13.2. The molecule has 0 atom stereocenters. The predicted octanol–water partition coefficient (Wildman–Crippen LogP) is 3.14. The molecule has 0 unspecified atom stereocenters. The fourth-order valence-electron chi connectivity index (χ4n) is 1.87. The lowest BCUT2D eigenvalue weighted by Crippen LogP contribution is -2.39. The highest BCUT2D eigenvalue weighted by molar-refractivity contribution is 6.31. The third-order valence-electron chi connectivity index (χ3n) is 2.85. The van der Waals surface area contributed by atoms with Gasteiger partial charge in [-0.05, 0) is 38.2 Å². The summed E-state index contributed by atoms with van der Waals surface area (Å²) in [6.45, 7) is 5.96. The van der Waals surface area contributed by atoms with E-state index in [0.717, 1.165) is 6.54 Å². The Bertz CT molecular complexity index is 463. The van der Waals surface area contributed by atoms with Gasteiger partial charge in [0.1, 0.15) is 5.82 Å². The molecule has 0 spiro atoms. The Balaban J connectivity index is 2.93. The van der Waals surface area contributed by atoms with Gasteiger partial charge in [0.2, 0.25) is 0 Å². The number of amides is 1. The van der Waals surface area contributed by atoms with Gasteiger partial charge in [-0.25, -0.2) is 4.39 Å². The van der Waals surface area contributed by atoms with E-state index in [1.165, 1.54) is 18.2 Å². The summed E-state index contributed by atoms with van der Waals surface area (Å²) in [6.07, 6.45) is 0. The number of benzene rings is 1. The van der Waals surface area contributed by atoms with E-state index in [9.17, 15) is 9.18 Å². The maximum Gasteiger partial charge on any atom is 0.256 e. The number of hydrogen-bond acceptors (Lipinski definition) is 2. The van der Waals surface area contributed by atoms with Crippen molar-refractivity contribution >= 4 is 17.5 Å². The first-order valence-electron chi connectivity index (χ1n) is 6.70. The van der Waals surface area contributed by atoms with Crippen LogP contribution in [0.5, 0.6) is 0 Å². The zero-order chi connectivity index (χ0) is 15.3. The standard InChI is InChI=1S/C15H22ClFN2O/c1-11(2)10-19(8-7-18(3)4)15(20)13-9-12(16)5-6-14(13)17/h5-6,9,11H,7-8,10H2,1-4H3. The number of carbonyl (C=O) groups excluding carboxylic acids is 1. The van der Waals surface area contributed by atoms with Crippen LogP contribution in [0.25, 0.3) is 0 Å². The average Bonchev–Trinajstić information content (AvgIpc) is 2.36. The van der Waals surface area contributed by atoms with Crippen molar-refractivity contribution in [1.82, 2.24) is 9.80 Å². The third kappa shape index (κ3) is 5.10. The summed E-state index contributed by atoms with van der Waals surface area (Å²) in [5, 5.41) is 0.367. The fraction of sp³-hybridized carbons (Fsp3) is 0.533. The molecule has 1 amide bonds. The molecule has 0 bridgehead atoms. The molecule has 0 fully saturated rings. The van der Waals surface area contributed by atoms with Crippen molar-refractivity contribution < 1.29 is 9.18 Å². The molecule has 0 aliphatic carbocycles. The summed E-state index contributed by atoms with van der Waals surface area (Å²) in [7, 11) is 3.88. The smallest absolute Gasteiger partial charge is 0.256 e. The molecule has 0 aromatic heterocycles. The minimum absolute atomic E-state index is 0.0388. The van der Waals surface area contributed by atoms with E-state index in [2.05, 4.69) is 0 Å². The summed E-state index contributed by atoms with van der Waals surface area (Å²) in [6, 6.07) is 4.07. The van der Waals surface area contributed by atoms with Gasteiger partial charge in [0.15, 0.2) is 0 Å². The maximum atomic E-state index is 13.8. The number of hydrogen-bond donors (Lipinski definition) is 0. The van der Waals surface area contributed by atoms with Gasteiger partial charge >= 0.3 is 0 Å². The van der Waals surface area contributed by atoms with E-state index >= 15 is 0 Å². The van der Waals surface area contributed by atoms with E-state index in [-0.39, 0.29) is 11.5 Å². The SMILES string of the molecule is CC(C)CN(CCN(C)C)C(=O)c1cc(Cl)ccc1F. The third-order valence-corrected chi connectivity index (χ3v) is 3.08. The summed E-state index contributed by atoms with van der Waals surface area (Å²) in [4.78, 5) is 16.1. The van der Waals surface area contributed by atoms with Crippen LogP contribution in [0.2, 0.25) is 5.02 Å². The molecule has 0 aliphatic rings. The molecule has 1 aromatic rings. The summed E-state index contributed by atoms with van der Waals surface area (Å²) < 4.78 is 13.8. The number of carbonyl (C=O) groups is 1. The van der Waals surface area contributed by atoms with Crippen molar-refractivity contribution in [3.63, 3.8) is 0 Å². The highest BCUT2D eigenvalue weighted by Crippen LogP contribution is 2.17. The van der Waals surface area contributed by atoms with E-state index in [4.69, 9.17) is 11.6 Å². The van der Waals surface area contributed by atoms with E-state index in [0.29, 0.717) is 24.0 Å². The second kappa shape index (κ2) is 7.60. The Morgan fingerprint density at radius 2 is 1.95 bits per heavy atom. The average molecular weight is 301 g/mol. The van der Waals surface area contributed by atoms with Crippen molar-refractivity contribution in [3.8, 4) is 0 Å². The van der Waals surface area contributed by atoms with E-state index < -0.39 is 5.82 Å². The monoisotopic (exact) mass is 300 g/mol. The fourth-order valence-corrected chi connectivity index (χ4v) is 2.04. The molecule has 0 N–H and O–H groups in total. The van der Waals surface area contributed by atoms with Gasteiger partial charge in [-0.3, -0.25) is 4.79 Å². The highest BCUT2D eigenvalue weighted by Gasteiger charge is 2.20. The van der Waals surface area contributed by atoms with Gasteiger partial charge in [-0.1, -0.05) is 25.4 Å². The van der Waals surface area contributed by atoms with E-state index in [1.807, 2.05) is 32.8 Å². The minimum Gasteiger partial charge on any atom is -0.337 e. The predicted molar refractivity (Wildman–Crippen MR) is 80.7 cm³/mol. The summed E-state index contributed by atoms with van der Waals surface area (Å²) in [5.74, 6) is -0.512. The Hall–Kier alpha value is -1.13. The number of rotatable bonds is 6. The van der Waals surface area contributed by atoms with Crippen LogP contribution in [0, 0.1) is 11.7 Å². The van der Waals surface area contributed by atoms with Crippen molar-refractivity contribution in [2.24, 2.45) is 5.92 Å². The van der Waals surface area contributed by atoms with Gasteiger partial charge in [0, 0.05) is 24.7 Å². The topological polar surface area (TPSA) is 23.6 Å². The molecule has 20 heavy (non-hydrogen) atoms. The number of likely N-dealkylation sites (N-methyl/N-ethyl adjacent to an activating group) is 1.